The van der Waals surface area contributed by atoms with Crippen molar-refractivity contribution < 1.29 is 4.52 Å². The van der Waals surface area contributed by atoms with E-state index in [4.69, 9.17) is 0 Å². The molecule has 0 radical (unpaired) electrons. The predicted octanol–water partition coefficient (Wildman–Crippen LogP) is 2.53. The van der Waals surface area contributed by atoms with Gasteiger partial charge in [-0.25, -0.2) is 4.98 Å². The van der Waals surface area contributed by atoms with E-state index >= 15 is 0 Å². The molecule has 0 aliphatic carbocycles. The molecule has 1 atom stereocenters. The number of thiazole rings is 1. The van der Waals surface area contributed by atoms with Gasteiger partial charge in [-0.3, -0.25) is 0 Å². The molecule has 1 N–H and O–H groups in total. The van der Waals surface area contributed by atoms with Gasteiger partial charge in [-0.15, -0.1) is 11.3 Å². The first kappa shape index (κ1) is 11.3. The maximum absolute atomic E-state index is 4.69. The van der Waals surface area contributed by atoms with Crippen molar-refractivity contribution in [3.63, 3.8) is 0 Å². The van der Waals surface area contributed by atoms with Crippen LogP contribution in [-0.4, -0.2) is 15.1 Å². The van der Waals surface area contributed by atoms with E-state index in [-0.39, 0.29) is 6.04 Å². The maximum Gasteiger partial charge on any atom is 0.213 e. The summed E-state index contributed by atoms with van der Waals surface area (Å²) in [6, 6.07) is 8.31. The average Bonchev–Trinajstić information content (AvgIpc) is 3.04. The third-order valence-corrected chi connectivity index (χ3v) is 3.87. The first-order valence-electron chi connectivity index (χ1n) is 5.67. The Bertz CT molecular complexity index is 601. The Morgan fingerprint density at radius 1 is 1.39 bits per heavy atom. The highest BCUT2D eigenvalue weighted by atomic mass is 32.1. The van der Waals surface area contributed by atoms with E-state index < -0.39 is 0 Å². The van der Waals surface area contributed by atoms with Gasteiger partial charge in [-0.1, -0.05) is 17.3 Å². The molecule has 92 valence electrons. The van der Waals surface area contributed by atoms with Crippen LogP contribution < -0.4 is 5.32 Å². The van der Waals surface area contributed by atoms with E-state index in [1.165, 1.54) is 11.1 Å². The molecule has 0 fully saturated rings. The summed E-state index contributed by atoms with van der Waals surface area (Å²) in [5, 5.41) is 8.15. The van der Waals surface area contributed by atoms with Crippen LogP contribution in [0.2, 0.25) is 0 Å². The monoisotopic (exact) mass is 260 g/mol. The van der Waals surface area contributed by atoms with Crippen molar-refractivity contribution in [1.29, 1.82) is 0 Å². The summed E-state index contributed by atoms with van der Waals surface area (Å²) in [6.07, 6.45) is 1.33. The summed E-state index contributed by atoms with van der Waals surface area (Å²) in [6.45, 7) is 2.66. The molecule has 1 aromatic carbocycles. The van der Waals surface area contributed by atoms with Crippen molar-refractivity contribution in [3.8, 4) is 0 Å². The van der Waals surface area contributed by atoms with Gasteiger partial charge in [0.1, 0.15) is 5.01 Å². The minimum absolute atomic E-state index is 0.167. The lowest BCUT2D eigenvalue weighted by Crippen LogP contribution is -2.18. The second kappa shape index (κ2) is 4.83. The molecular weight excluding hydrogens is 248 g/mol. The van der Waals surface area contributed by atoms with Gasteiger partial charge in [0, 0.05) is 0 Å². The minimum Gasteiger partial charge on any atom is -0.343 e. The summed E-state index contributed by atoms with van der Waals surface area (Å²) in [4.78, 5) is 8.57. The van der Waals surface area contributed by atoms with Crippen LogP contribution in [0.25, 0.3) is 10.2 Å². The molecule has 0 amide bonds. The van der Waals surface area contributed by atoms with Gasteiger partial charge < -0.3 is 9.84 Å². The Labute approximate surface area is 108 Å². The number of nitrogens with one attached hydrogen (secondary N) is 1. The maximum atomic E-state index is 4.69. The predicted molar refractivity (Wildman–Crippen MR) is 69.2 cm³/mol. The van der Waals surface area contributed by atoms with E-state index in [9.17, 15) is 0 Å². The summed E-state index contributed by atoms with van der Waals surface area (Å²) in [7, 11) is 0. The topological polar surface area (TPSA) is 63.8 Å². The molecule has 0 saturated heterocycles. The van der Waals surface area contributed by atoms with E-state index in [1.807, 2.05) is 18.2 Å². The van der Waals surface area contributed by atoms with Crippen LogP contribution in [0.3, 0.4) is 0 Å². The summed E-state index contributed by atoms with van der Waals surface area (Å²) >= 11 is 1.70. The number of hydrogen-bond acceptors (Lipinski definition) is 6. The zero-order valence-electron chi connectivity index (χ0n) is 9.83. The highest BCUT2D eigenvalue weighted by Crippen LogP contribution is 2.25. The van der Waals surface area contributed by atoms with Gasteiger partial charge in [-0.05, 0) is 19.1 Å². The fraction of sp³-hybridized carbons (Fsp3) is 0.250. The molecule has 18 heavy (non-hydrogen) atoms. The van der Waals surface area contributed by atoms with E-state index in [0.29, 0.717) is 12.4 Å². The number of para-hydroxylation sites is 1. The second-order valence-corrected chi connectivity index (χ2v) is 5.03. The lowest BCUT2D eigenvalue weighted by molar-refractivity contribution is 0.405. The number of rotatable bonds is 4. The van der Waals surface area contributed by atoms with Crippen LogP contribution in [-0.2, 0) is 6.54 Å². The first-order chi connectivity index (χ1) is 8.83. The van der Waals surface area contributed by atoms with Crippen LogP contribution in [0.4, 0.5) is 0 Å². The Balaban J connectivity index is 1.73. The molecule has 0 saturated carbocycles. The number of hydrogen-bond donors (Lipinski definition) is 1. The largest absolute Gasteiger partial charge is 0.343 e. The molecule has 1 unspecified atom stereocenters. The molecule has 3 aromatic rings. The molecule has 5 nitrogen and oxygen atoms in total. The lowest BCUT2D eigenvalue weighted by atomic mass is 10.3. The SMILES string of the molecule is CC(NCc1ncon1)c1nc2ccccc2s1. The molecule has 6 heteroatoms. The number of aromatic nitrogens is 3. The summed E-state index contributed by atoms with van der Waals surface area (Å²) < 4.78 is 5.90. The zero-order valence-corrected chi connectivity index (χ0v) is 10.6. The van der Waals surface area contributed by atoms with E-state index in [2.05, 4.69) is 38.0 Å². The second-order valence-electron chi connectivity index (χ2n) is 3.97. The van der Waals surface area contributed by atoms with Gasteiger partial charge in [0.05, 0.1) is 22.8 Å². The van der Waals surface area contributed by atoms with Crippen molar-refractivity contribution in [2.45, 2.75) is 19.5 Å². The van der Waals surface area contributed by atoms with Gasteiger partial charge in [0.15, 0.2) is 5.82 Å². The summed E-state index contributed by atoms with van der Waals surface area (Å²) in [5.41, 5.74) is 1.05. The molecule has 2 aromatic heterocycles. The van der Waals surface area contributed by atoms with Crippen LogP contribution in [0.5, 0.6) is 0 Å². The average molecular weight is 260 g/mol. The fourth-order valence-electron chi connectivity index (χ4n) is 1.68. The number of benzene rings is 1. The molecular formula is C12H12N4OS. The van der Waals surface area contributed by atoms with Gasteiger partial charge in [0.25, 0.3) is 0 Å². The van der Waals surface area contributed by atoms with Crippen molar-refractivity contribution in [2.24, 2.45) is 0 Å². The molecule has 0 aliphatic heterocycles. The fourth-order valence-corrected chi connectivity index (χ4v) is 2.67. The molecule has 0 aliphatic rings. The van der Waals surface area contributed by atoms with Crippen molar-refractivity contribution in [3.05, 3.63) is 41.5 Å². The number of fused-ring (bicyclic) bond motifs is 1. The quantitative estimate of drug-likeness (QED) is 0.781. The van der Waals surface area contributed by atoms with Crippen LogP contribution >= 0.6 is 11.3 Å². The zero-order chi connectivity index (χ0) is 12.4. The lowest BCUT2D eigenvalue weighted by Gasteiger charge is -2.08. The molecule has 2 heterocycles. The molecule has 0 spiro atoms. The van der Waals surface area contributed by atoms with Crippen molar-refractivity contribution in [1.82, 2.24) is 20.4 Å². The first-order valence-corrected chi connectivity index (χ1v) is 6.48. The smallest absolute Gasteiger partial charge is 0.213 e. The van der Waals surface area contributed by atoms with Crippen LogP contribution in [0, 0.1) is 0 Å². The highest BCUT2D eigenvalue weighted by Gasteiger charge is 2.11. The van der Waals surface area contributed by atoms with Gasteiger partial charge >= 0.3 is 0 Å². The van der Waals surface area contributed by atoms with Crippen LogP contribution in [0.1, 0.15) is 23.8 Å². The number of nitrogens with zero attached hydrogens (tertiary/aromatic N) is 3. The van der Waals surface area contributed by atoms with Crippen molar-refractivity contribution in [2.75, 3.05) is 0 Å². The Kier molecular flexibility index (Phi) is 3.04. The van der Waals surface area contributed by atoms with Gasteiger partial charge in [-0.2, -0.15) is 4.98 Å². The third-order valence-electron chi connectivity index (χ3n) is 2.65. The van der Waals surface area contributed by atoms with E-state index in [1.54, 1.807) is 11.3 Å². The normalized spacial score (nSPS) is 12.9. The Hall–Kier alpha value is -1.79. The Morgan fingerprint density at radius 2 is 2.28 bits per heavy atom. The standard InChI is InChI=1S/C12H12N4OS/c1-8(13-6-11-14-7-17-16-11)12-15-9-4-2-3-5-10(9)18-12/h2-5,7-8,13H,6H2,1H3. The van der Waals surface area contributed by atoms with Gasteiger partial charge in [0.2, 0.25) is 6.39 Å². The molecule has 0 bridgehead atoms. The summed E-state index contributed by atoms with van der Waals surface area (Å²) in [5.74, 6) is 0.656. The highest BCUT2D eigenvalue weighted by molar-refractivity contribution is 7.18. The minimum atomic E-state index is 0.167. The molecule has 3 rings (SSSR count). The third kappa shape index (κ3) is 2.25. The van der Waals surface area contributed by atoms with Crippen molar-refractivity contribution >= 4 is 21.6 Å². The Morgan fingerprint density at radius 3 is 3.06 bits per heavy atom. The van der Waals surface area contributed by atoms with E-state index in [0.717, 1.165) is 10.5 Å². The van der Waals surface area contributed by atoms with Crippen LogP contribution in [0.15, 0.2) is 35.2 Å².